The van der Waals surface area contributed by atoms with E-state index in [1.54, 1.807) is 18.2 Å². The second-order valence-corrected chi connectivity index (χ2v) is 7.18. The molecule has 128 valence electrons. The van der Waals surface area contributed by atoms with Crippen molar-refractivity contribution in [3.05, 3.63) is 58.7 Å². The van der Waals surface area contributed by atoms with Crippen LogP contribution in [-0.2, 0) is 13.0 Å². The summed E-state index contributed by atoms with van der Waals surface area (Å²) in [6.07, 6.45) is 2.02. The molecule has 3 aromatic rings. The topological polar surface area (TPSA) is 59.8 Å². The van der Waals surface area contributed by atoms with Gasteiger partial charge in [0.25, 0.3) is 5.91 Å². The van der Waals surface area contributed by atoms with Crippen molar-refractivity contribution >= 4 is 17.2 Å². The number of fused-ring (bicyclic) bond motifs is 1. The van der Waals surface area contributed by atoms with Crippen LogP contribution in [-0.4, -0.2) is 20.7 Å². The number of carbonyl (C=O) groups is 1. The van der Waals surface area contributed by atoms with Gasteiger partial charge in [-0.1, -0.05) is 12.1 Å². The SMILES string of the molecule is C[C@@H](NC(=O)c1ccc(-c2ccc(F)cc2)s1)c1nnc2n1CCC2. The van der Waals surface area contributed by atoms with Crippen molar-refractivity contribution in [2.75, 3.05) is 0 Å². The van der Waals surface area contributed by atoms with E-state index in [1.807, 2.05) is 13.0 Å². The molecule has 0 aliphatic carbocycles. The fourth-order valence-electron chi connectivity index (χ4n) is 3.05. The summed E-state index contributed by atoms with van der Waals surface area (Å²) in [5.41, 5.74) is 0.897. The second-order valence-electron chi connectivity index (χ2n) is 6.10. The summed E-state index contributed by atoms with van der Waals surface area (Å²) in [5.74, 6) is 1.39. The molecular weight excluding hydrogens is 339 g/mol. The van der Waals surface area contributed by atoms with E-state index in [1.165, 1.54) is 23.5 Å². The zero-order valence-electron chi connectivity index (χ0n) is 13.7. The molecule has 1 aromatic carbocycles. The second kappa shape index (κ2) is 6.40. The third kappa shape index (κ3) is 3.07. The number of rotatable bonds is 4. The lowest BCUT2D eigenvalue weighted by Gasteiger charge is -2.13. The molecule has 5 nitrogen and oxygen atoms in total. The summed E-state index contributed by atoms with van der Waals surface area (Å²) in [6, 6.07) is 9.73. The fourth-order valence-corrected chi connectivity index (χ4v) is 3.97. The number of nitrogens with zero attached hydrogens (tertiary/aromatic N) is 3. The quantitative estimate of drug-likeness (QED) is 0.777. The number of halogens is 1. The highest BCUT2D eigenvalue weighted by molar-refractivity contribution is 7.17. The average Bonchev–Trinajstić information content (AvgIpc) is 3.31. The maximum Gasteiger partial charge on any atom is 0.261 e. The number of hydrogen-bond donors (Lipinski definition) is 1. The van der Waals surface area contributed by atoms with Crippen LogP contribution in [0.15, 0.2) is 36.4 Å². The number of aryl methyl sites for hydroxylation is 1. The van der Waals surface area contributed by atoms with E-state index in [0.29, 0.717) is 4.88 Å². The summed E-state index contributed by atoms with van der Waals surface area (Å²) in [7, 11) is 0. The van der Waals surface area contributed by atoms with E-state index in [4.69, 9.17) is 0 Å². The minimum absolute atomic E-state index is 0.138. The molecule has 25 heavy (non-hydrogen) atoms. The Balaban J connectivity index is 1.49. The van der Waals surface area contributed by atoms with Crippen LogP contribution in [0.4, 0.5) is 4.39 Å². The third-order valence-electron chi connectivity index (χ3n) is 4.33. The molecule has 0 spiro atoms. The summed E-state index contributed by atoms with van der Waals surface area (Å²) < 4.78 is 15.1. The maximum absolute atomic E-state index is 13.0. The first kappa shape index (κ1) is 16.0. The van der Waals surface area contributed by atoms with Gasteiger partial charge < -0.3 is 9.88 Å². The monoisotopic (exact) mass is 356 g/mol. The van der Waals surface area contributed by atoms with Gasteiger partial charge in [-0.2, -0.15) is 0 Å². The van der Waals surface area contributed by atoms with Crippen LogP contribution < -0.4 is 5.32 Å². The number of thiophene rings is 1. The summed E-state index contributed by atoms with van der Waals surface area (Å²) >= 11 is 1.39. The Labute approximate surface area is 148 Å². The van der Waals surface area contributed by atoms with Gasteiger partial charge in [0.2, 0.25) is 0 Å². The molecule has 1 amide bonds. The van der Waals surface area contributed by atoms with E-state index in [-0.39, 0.29) is 17.8 Å². The highest BCUT2D eigenvalue weighted by Gasteiger charge is 2.23. The Kier molecular flexibility index (Phi) is 4.09. The number of aromatic nitrogens is 3. The number of hydrogen-bond acceptors (Lipinski definition) is 4. The van der Waals surface area contributed by atoms with Gasteiger partial charge in [-0.05, 0) is 43.2 Å². The molecule has 7 heteroatoms. The van der Waals surface area contributed by atoms with Crippen LogP contribution in [0.2, 0.25) is 0 Å². The summed E-state index contributed by atoms with van der Waals surface area (Å²) in [4.78, 5) is 14.1. The molecule has 1 aliphatic heterocycles. The van der Waals surface area contributed by atoms with Crippen molar-refractivity contribution in [1.29, 1.82) is 0 Å². The fraction of sp³-hybridized carbons (Fsp3) is 0.278. The Bertz CT molecular complexity index is 916. The maximum atomic E-state index is 13.0. The standard InChI is InChI=1S/C18H17FN4OS/c1-11(17-22-21-16-3-2-10-23(16)17)20-18(24)15-9-8-14(25-15)12-4-6-13(19)7-5-12/h4-9,11H,2-3,10H2,1H3,(H,20,24)/t11-/m1/s1. The normalized spacial score (nSPS) is 14.3. The molecular formula is C18H17FN4OS. The van der Waals surface area contributed by atoms with Gasteiger partial charge in [-0.15, -0.1) is 21.5 Å². The van der Waals surface area contributed by atoms with Gasteiger partial charge in [0.15, 0.2) is 5.82 Å². The van der Waals surface area contributed by atoms with Gasteiger partial charge in [0.05, 0.1) is 10.9 Å². The number of benzene rings is 1. The summed E-state index contributed by atoms with van der Waals surface area (Å²) in [6.45, 7) is 2.83. The van der Waals surface area contributed by atoms with Crippen molar-refractivity contribution in [2.24, 2.45) is 0 Å². The van der Waals surface area contributed by atoms with Gasteiger partial charge in [0.1, 0.15) is 11.6 Å². The minimum atomic E-state index is -0.270. The highest BCUT2D eigenvalue weighted by Crippen LogP contribution is 2.28. The lowest BCUT2D eigenvalue weighted by Crippen LogP contribution is -2.28. The zero-order valence-corrected chi connectivity index (χ0v) is 14.5. The minimum Gasteiger partial charge on any atom is -0.342 e. The Morgan fingerprint density at radius 1 is 1.24 bits per heavy atom. The predicted molar refractivity (Wildman–Crippen MR) is 93.9 cm³/mol. The van der Waals surface area contributed by atoms with Gasteiger partial charge >= 0.3 is 0 Å². The van der Waals surface area contributed by atoms with Crippen molar-refractivity contribution in [1.82, 2.24) is 20.1 Å². The molecule has 0 saturated carbocycles. The molecule has 1 aliphatic rings. The molecule has 2 aromatic heterocycles. The average molecular weight is 356 g/mol. The number of nitrogens with one attached hydrogen (secondary N) is 1. The molecule has 3 heterocycles. The van der Waals surface area contributed by atoms with Crippen LogP contribution in [0.1, 0.15) is 40.7 Å². The van der Waals surface area contributed by atoms with Crippen LogP contribution >= 0.6 is 11.3 Å². The van der Waals surface area contributed by atoms with Gasteiger partial charge in [-0.3, -0.25) is 4.79 Å². The van der Waals surface area contributed by atoms with Crippen LogP contribution in [0.5, 0.6) is 0 Å². The molecule has 1 N–H and O–H groups in total. The van der Waals surface area contributed by atoms with Crippen molar-refractivity contribution in [3.8, 4) is 10.4 Å². The van der Waals surface area contributed by atoms with Crippen molar-refractivity contribution < 1.29 is 9.18 Å². The van der Waals surface area contributed by atoms with E-state index in [0.717, 1.165) is 41.5 Å². The Hall–Kier alpha value is -2.54. The first-order valence-corrected chi connectivity index (χ1v) is 9.02. The number of carbonyl (C=O) groups excluding carboxylic acids is 1. The van der Waals surface area contributed by atoms with Crippen LogP contribution in [0.25, 0.3) is 10.4 Å². The Morgan fingerprint density at radius 2 is 2.04 bits per heavy atom. The van der Waals surface area contributed by atoms with E-state index >= 15 is 0 Å². The molecule has 4 rings (SSSR count). The molecule has 1 atom stereocenters. The lowest BCUT2D eigenvalue weighted by atomic mass is 10.2. The zero-order chi connectivity index (χ0) is 17.4. The molecule has 0 fully saturated rings. The van der Waals surface area contributed by atoms with E-state index < -0.39 is 0 Å². The smallest absolute Gasteiger partial charge is 0.261 e. The molecule has 0 unspecified atom stereocenters. The van der Waals surface area contributed by atoms with E-state index in [9.17, 15) is 9.18 Å². The first-order valence-electron chi connectivity index (χ1n) is 8.20. The Morgan fingerprint density at radius 3 is 2.84 bits per heavy atom. The van der Waals surface area contributed by atoms with Crippen molar-refractivity contribution in [3.63, 3.8) is 0 Å². The molecule has 0 saturated heterocycles. The predicted octanol–water partition coefficient (Wildman–Crippen LogP) is 3.58. The van der Waals surface area contributed by atoms with Gasteiger partial charge in [-0.25, -0.2) is 4.39 Å². The van der Waals surface area contributed by atoms with Gasteiger partial charge in [0, 0.05) is 17.8 Å². The lowest BCUT2D eigenvalue weighted by molar-refractivity contribution is 0.0941. The first-order chi connectivity index (χ1) is 12.1. The molecule has 0 radical (unpaired) electrons. The van der Waals surface area contributed by atoms with Crippen LogP contribution in [0.3, 0.4) is 0 Å². The van der Waals surface area contributed by atoms with Crippen molar-refractivity contribution in [2.45, 2.75) is 32.4 Å². The van der Waals surface area contributed by atoms with E-state index in [2.05, 4.69) is 20.1 Å². The molecule has 0 bridgehead atoms. The third-order valence-corrected chi connectivity index (χ3v) is 5.46. The summed E-state index contributed by atoms with van der Waals surface area (Å²) in [5, 5.41) is 11.4. The highest BCUT2D eigenvalue weighted by atomic mass is 32.1. The largest absolute Gasteiger partial charge is 0.342 e. The van der Waals surface area contributed by atoms with Crippen LogP contribution in [0, 0.1) is 5.82 Å². The number of amides is 1.